The lowest BCUT2D eigenvalue weighted by Crippen LogP contribution is -2.43. The Morgan fingerprint density at radius 1 is 1.11 bits per heavy atom. The second kappa shape index (κ2) is 10.3. The van der Waals surface area contributed by atoms with E-state index in [0.717, 1.165) is 32.4 Å². The van der Waals surface area contributed by atoms with Crippen molar-refractivity contribution in [1.29, 1.82) is 0 Å². The van der Waals surface area contributed by atoms with Gasteiger partial charge in [0, 0.05) is 72.4 Å². The van der Waals surface area contributed by atoms with E-state index in [2.05, 4.69) is 20.6 Å². The van der Waals surface area contributed by atoms with E-state index in [9.17, 15) is 17.6 Å². The van der Waals surface area contributed by atoms with Gasteiger partial charge in [-0.15, -0.1) is 0 Å². The normalized spacial score (nSPS) is 14.2. The number of pyridine rings is 1. The third kappa shape index (κ3) is 5.09. The summed E-state index contributed by atoms with van der Waals surface area (Å²) in [6.07, 6.45) is 2.67. The molecular weight excluding hydrogens is 531 g/mol. The van der Waals surface area contributed by atoms with Crippen molar-refractivity contribution in [2.45, 2.75) is 18.4 Å². The van der Waals surface area contributed by atoms with Gasteiger partial charge in [-0.2, -0.15) is 4.98 Å². The number of aryl methyl sites for hydroxylation is 1. The van der Waals surface area contributed by atoms with Crippen molar-refractivity contribution in [3.8, 4) is 11.1 Å². The molecule has 2 N–H and O–H groups in total. The van der Waals surface area contributed by atoms with Crippen molar-refractivity contribution in [3.63, 3.8) is 0 Å². The maximum atomic E-state index is 14.9. The van der Waals surface area contributed by atoms with Crippen molar-refractivity contribution in [2.24, 2.45) is 0 Å². The molecule has 2 aromatic carbocycles. The smallest absolute Gasteiger partial charge is 0.260 e. The molecule has 3 heterocycles. The highest BCUT2D eigenvalue weighted by atomic mass is 35.5. The number of nitrogens with one attached hydrogen (secondary N) is 2. The van der Waals surface area contributed by atoms with Crippen molar-refractivity contribution in [1.82, 2.24) is 19.9 Å². The molecule has 198 valence electrons. The first-order valence-electron chi connectivity index (χ1n) is 12.1. The minimum atomic E-state index is -3.45. The quantitative estimate of drug-likeness (QED) is 0.369. The van der Waals surface area contributed by atoms with Crippen LogP contribution in [-0.2, 0) is 16.4 Å². The van der Waals surface area contributed by atoms with Gasteiger partial charge in [-0.1, -0.05) is 17.7 Å². The standard InChI is InChI=1S/C26H26ClFN6O3S/c1-3-34-24-16(12-20(25(34)35)19-6-5-18(14-21(19)27)38(2,36)37)15-30-26(32-24)31-17-4-7-23(22(28)13-17)33-10-8-29-9-11-33/h4-7,12-15,29H,3,8-11H2,1-2H3,(H,30,31,32). The Morgan fingerprint density at radius 2 is 1.87 bits per heavy atom. The highest BCUT2D eigenvalue weighted by Gasteiger charge is 2.18. The van der Waals surface area contributed by atoms with Crippen molar-refractivity contribution in [2.75, 3.05) is 42.7 Å². The summed E-state index contributed by atoms with van der Waals surface area (Å²) in [6, 6.07) is 10.8. The van der Waals surface area contributed by atoms with Gasteiger partial charge >= 0.3 is 0 Å². The van der Waals surface area contributed by atoms with Crippen LogP contribution in [-0.4, -0.2) is 55.4 Å². The molecule has 2 aromatic heterocycles. The van der Waals surface area contributed by atoms with E-state index in [4.69, 9.17) is 11.6 Å². The van der Waals surface area contributed by atoms with Crippen LogP contribution in [0.15, 0.2) is 58.4 Å². The molecule has 0 bridgehead atoms. The molecule has 38 heavy (non-hydrogen) atoms. The fourth-order valence-corrected chi connectivity index (χ4v) is 5.52. The molecule has 9 nitrogen and oxygen atoms in total. The van der Waals surface area contributed by atoms with Gasteiger partial charge in [0.25, 0.3) is 5.56 Å². The molecule has 1 aliphatic heterocycles. The number of sulfone groups is 1. The van der Waals surface area contributed by atoms with Gasteiger partial charge in [0.05, 0.1) is 10.6 Å². The third-order valence-corrected chi connectivity index (χ3v) is 7.89. The summed E-state index contributed by atoms with van der Waals surface area (Å²) in [5.41, 5.74) is 1.83. The topological polar surface area (TPSA) is 109 Å². The van der Waals surface area contributed by atoms with Gasteiger partial charge in [0.2, 0.25) is 5.95 Å². The lowest BCUT2D eigenvalue weighted by molar-refractivity contribution is 0.566. The number of hydrogen-bond acceptors (Lipinski definition) is 8. The van der Waals surface area contributed by atoms with Crippen LogP contribution >= 0.6 is 11.6 Å². The molecule has 1 aliphatic rings. The number of piperazine rings is 1. The van der Waals surface area contributed by atoms with Gasteiger partial charge in [-0.05, 0) is 43.3 Å². The Labute approximate surface area is 224 Å². The number of nitrogens with zero attached hydrogens (tertiary/aromatic N) is 4. The lowest BCUT2D eigenvalue weighted by atomic mass is 10.1. The first-order valence-corrected chi connectivity index (χ1v) is 14.4. The fourth-order valence-electron chi connectivity index (χ4n) is 4.53. The van der Waals surface area contributed by atoms with Crippen LogP contribution in [0.1, 0.15) is 6.92 Å². The molecule has 0 saturated carbocycles. The summed E-state index contributed by atoms with van der Waals surface area (Å²) in [5, 5.41) is 7.02. The largest absolute Gasteiger partial charge is 0.367 e. The monoisotopic (exact) mass is 556 g/mol. The minimum absolute atomic E-state index is 0.0688. The zero-order valence-electron chi connectivity index (χ0n) is 20.8. The van der Waals surface area contributed by atoms with Crippen LogP contribution in [0.3, 0.4) is 0 Å². The molecule has 0 aliphatic carbocycles. The van der Waals surface area contributed by atoms with Crippen LogP contribution in [0, 0.1) is 5.82 Å². The molecule has 0 radical (unpaired) electrons. The Balaban J connectivity index is 1.49. The predicted octanol–water partition coefficient (Wildman–Crippen LogP) is 3.83. The Kier molecular flexibility index (Phi) is 7.08. The Morgan fingerprint density at radius 3 is 2.53 bits per heavy atom. The third-order valence-electron chi connectivity index (χ3n) is 6.46. The molecule has 4 aromatic rings. The number of hydrogen-bond donors (Lipinski definition) is 2. The van der Waals surface area contributed by atoms with Gasteiger partial charge < -0.3 is 15.5 Å². The van der Waals surface area contributed by atoms with Crippen LogP contribution in [0.25, 0.3) is 22.2 Å². The molecule has 1 saturated heterocycles. The summed E-state index contributed by atoms with van der Waals surface area (Å²) in [7, 11) is -3.45. The van der Waals surface area contributed by atoms with E-state index >= 15 is 0 Å². The highest BCUT2D eigenvalue weighted by molar-refractivity contribution is 7.90. The van der Waals surface area contributed by atoms with Crippen molar-refractivity contribution >= 4 is 49.8 Å². The highest BCUT2D eigenvalue weighted by Crippen LogP contribution is 2.30. The van der Waals surface area contributed by atoms with Crippen molar-refractivity contribution in [3.05, 3.63) is 69.9 Å². The summed E-state index contributed by atoms with van der Waals surface area (Å²) in [6.45, 7) is 5.24. The number of aromatic nitrogens is 3. The Bertz CT molecular complexity index is 1700. The number of benzene rings is 2. The van der Waals surface area contributed by atoms with Gasteiger partial charge in [0.1, 0.15) is 11.5 Å². The van der Waals surface area contributed by atoms with Gasteiger partial charge in [-0.3, -0.25) is 9.36 Å². The van der Waals surface area contributed by atoms with E-state index in [0.29, 0.717) is 40.1 Å². The maximum Gasteiger partial charge on any atom is 0.260 e. The second-order valence-electron chi connectivity index (χ2n) is 9.02. The first-order chi connectivity index (χ1) is 18.2. The van der Waals surface area contributed by atoms with E-state index in [-0.39, 0.29) is 27.2 Å². The van der Waals surface area contributed by atoms with Gasteiger partial charge in [0.15, 0.2) is 9.84 Å². The number of rotatable bonds is 6. The number of fused-ring (bicyclic) bond motifs is 1. The average Bonchev–Trinajstić information content (AvgIpc) is 2.89. The second-order valence-corrected chi connectivity index (χ2v) is 11.4. The molecule has 0 amide bonds. The summed E-state index contributed by atoms with van der Waals surface area (Å²) < 4.78 is 40.1. The molecule has 5 rings (SSSR count). The first kappa shape index (κ1) is 26.1. The van der Waals surface area contributed by atoms with E-state index in [1.807, 2.05) is 11.8 Å². The number of halogens is 2. The molecule has 0 atom stereocenters. The maximum absolute atomic E-state index is 14.9. The average molecular weight is 557 g/mol. The number of anilines is 3. The molecule has 1 fully saturated rings. The van der Waals surface area contributed by atoms with E-state index < -0.39 is 9.84 Å². The molecule has 0 spiro atoms. The van der Waals surface area contributed by atoms with E-state index in [1.54, 1.807) is 24.4 Å². The molecule has 0 unspecified atom stereocenters. The van der Waals surface area contributed by atoms with Crippen LogP contribution in [0.4, 0.5) is 21.7 Å². The van der Waals surface area contributed by atoms with Crippen LogP contribution < -0.4 is 21.1 Å². The van der Waals surface area contributed by atoms with Crippen LogP contribution in [0.5, 0.6) is 0 Å². The fraction of sp³-hybridized carbons (Fsp3) is 0.269. The zero-order chi connectivity index (χ0) is 27.0. The van der Waals surface area contributed by atoms with Crippen molar-refractivity contribution < 1.29 is 12.8 Å². The summed E-state index contributed by atoms with van der Waals surface area (Å²) >= 11 is 6.39. The lowest BCUT2D eigenvalue weighted by Gasteiger charge is -2.29. The minimum Gasteiger partial charge on any atom is -0.367 e. The SMILES string of the molecule is CCn1c(=O)c(-c2ccc(S(C)(=O)=O)cc2Cl)cc2cnc(Nc3ccc(N4CCNCC4)c(F)c3)nc21. The van der Waals surface area contributed by atoms with Gasteiger partial charge in [-0.25, -0.2) is 17.8 Å². The predicted molar refractivity (Wildman–Crippen MR) is 148 cm³/mol. The molecular formula is C26H26ClFN6O3S. The Hall–Kier alpha value is -3.54. The zero-order valence-corrected chi connectivity index (χ0v) is 22.4. The van der Waals surface area contributed by atoms with Crippen LogP contribution in [0.2, 0.25) is 5.02 Å². The molecule has 12 heteroatoms. The summed E-state index contributed by atoms with van der Waals surface area (Å²) in [5.74, 6) is -0.122. The summed E-state index contributed by atoms with van der Waals surface area (Å²) in [4.78, 5) is 24.4. The van der Waals surface area contributed by atoms with E-state index in [1.165, 1.54) is 28.8 Å².